The largest absolute Gasteiger partial charge is 0.496 e. The summed E-state index contributed by atoms with van der Waals surface area (Å²) in [6.45, 7) is 6.80. The van der Waals surface area contributed by atoms with Gasteiger partial charge in [-0.1, -0.05) is 25.4 Å². The third-order valence-corrected chi connectivity index (χ3v) is 3.93. The van der Waals surface area contributed by atoms with Crippen LogP contribution in [0.25, 0.3) is 0 Å². The molecule has 0 radical (unpaired) electrons. The van der Waals surface area contributed by atoms with Gasteiger partial charge in [0.2, 0.25) is 0 Å². The van der Waals surface area contributed by atoms with Crippen molar-refractivity contribution in [2.45, 2.75) is 39.3 Å². The maximum absolute atomic E-state index is 9.82. The number of methoxy groups -OCH3 is 2. The van der Waals surface area contributed by atoms with Gasteiger partial charge in [0.1, 0.15) is 11.5 Å². The molecule has 0 aromatic heterocycles. The first-order valence-corrected chi connectivity index (χ1v) is 7.61. The van der Waals surface area contributed by atoms with E-state index in [-0.39, 0.29) is 18.1 Å². The monoisotopic (exact) mass is 315 g/mol. The molecular formula is C16H26ClNO3. The lowest BCUT2D eigenvalue weighted by atomic mass is 10.0. The van der Waals surface area contributed by atoms with E-state index in [1.807, 2.05) is 26.8 Å². The highest BCUT2D eigenvalue weighted by Crippen LogP contribution is 2.35. The highest BCUT2D eigenvalue weighted by atomic mass is 35.5. The smallest absolute Gasteiger partial charge is 0.141 e. The lowest BCUT2D eigenvalue weighted by Crippen LogP contribution is -2.26. The summed E-state index contributed by atoms with van der Waals surface area (Å²) in [7, 11) is 3.21. The van der Waals surface area contributed by atoms with Gasteiger partial charge in [0.05, 0.1) is 25.3 Å². The molecule has 0 bridgehead atoms. The minimum atomic E-state index is -0.286. The van der Waals surface area contributed by atoms with E-state index in [0.717, 1.165) is 17.9 Å². The molecule has 2 atom stereocenters. The Morgan fingerprint density at radius 1 is 1.14 bits per heavy atom. The molecule has 1 aromatic rings. The van der Waals surface area contributed by atoms with E-state index in [2.05, 4.69) is 5.32 Å². The average Bonchev–Trinajstić information content (AvgIpc) is 2.46. The maximum Gasteiger partial charge on any atom is 0.141 e. The van der Waals surface area contributed by atoms with Gasteiger partial charge in [-0.15, -0.1) is 0 Å². The molecule has 2 N–H and O–H groups in total. The van der Waals surface area contributed by atoms with E-state index in [0.29, 0.717) is 17.2 Å². The van der Waals surface area contributed by atoms with E-state index in [1.54, 1.807) is 20.3 Å². The van der Waals surface area contributed by atoms with Crippen molar-refractivity contribution in [3.05, 3.63) is 22.7 Å². The van der Waals surface area contributed by atoms with Gasteiger partial charge in [0.25, 0.3) is 0 Å². The Labute approximate surface area is 132 Å². The Morgan fingerprint density at radius 3 is 2.29 bits per heavy atom. The van der Waals surface area contributed by atoms with Crippen LogP contribution in [0.2, 0.25) is 5.02 Å². The zero-order chi connectivity index (χ0) is 16.0. The zero-order valence-corrected chi connectivity index (χ0v) is 14.2. The first kappa shape index (κ1) is 18.1. The second-order valence-corrected chi connectivity index (χ2v) is 5.91. The van der Waals surface area contributed by atoms with E-state index in [9.17, 15) is 5.11 Å². The summed E-state index contributed by atoms with van der Waals surface area (Å²) in [4.78, 5) is 0. The number of nitrogens with one attached hydrogen (secondary N) is 1. The molecule has 0 fully saturated rings. The van der Waals surface area contributed by atoms with Crippen molar-refractivity contribution in [3.63, 3.8) is 0 Å². The van der Waals surface area contributed by atoms with Gasteiger partial charge in [-0.3, -0.25) is 0 Å². The summed E-state index contributed by atoms with van der Waals surface area (Å²) in [6, 6.07) is 3.72. The van der Waals surface area contributed by atoms with Crippen LogP contribution in [0.15, 0.2) is 12.1 Å². The molecule has 0 amide bonds. The first-order chi connectivity index (χ1) is 9.90. The maximum atomic E-state index is 9.82. The summed E-state index contributed by atoms with van der Waals surface area (Å²) in [5.74, 6) is 1.60. The Hall–Kier alpha value is -0.970. The molecule has 1 aromatic carbocycles. The van der Waals surface area contributed by atoms with Crippen LogP contribution in [0, 0.1) is 5.92 Å². The molecule has 0 aliphatic carbocycles. The van der Waals surface area contributed by atoms with Crippen molar-refractivity contribution in [1.82, 2.24) is 5.32 Å². The fraction of sp³-hybridized carbons (Fsp3) is 0.625. The van der Waals surface area contributed by atoms with E-state index < -0.39 is 0 Å². The second kappa shape index (κ2) is 8.47. The van der Waals surface area contributed by atoms with Gasteiger partial charge < -0.3 is 19.9 Å². The molecule has 21 heavy (non-hydrogen) atoms. The van der Waals surface area contributed by atoms with Crippen molar-refractivity contribution in [2.24, 2.45) is 5.92 Å². The normalized spacial score (nSPS) is 14.1. The molecule has 0 saturated heterocycles. The number of hydrogen-bond acceptors (Lipinski definition) is 4. The third-order valence-electron chi connectivity index (χ3n) is 3.63. The summed E-state index contributed by atoms with van der Waals surface area (Å²) in [5.41, 5.74) is 0.974. The summed E-state index contributed by atoms with van der Waals surface area (Å²) in [5, 5.41) is 13.8. The Balaban J connectivity index is 2.73. The number of aliphatic hydroxyl groups excluding tert-OH is 1. The lowest BCUT2D eigenvalue weighted by Gasteiger charge is -2.20. The molecule has 0 saturated carbocycles. The van der Waals surface area contributed by atoms with Gasteiger partial charge in [-0.25, -0.2) is 0 Å². The molecule has 2 unspecified atom stereocenters. The molecule has 120 valence electrons. The number of aliphatic hydroxyl groups is 1. The van der Waals surface area contributed by atoms with Crippen molar-refractivity contribution >= 4 is 11.6 Å². The molecule has 0 spiro atoms. The number of ether oxygens (including phenoxy) is 2. The topological polar surface area (TPSA) is 50.7 Å². The molecular weight excluding hydrogens is 290 g/mol. The number of hydrogen-bond donors (Lipinski definition) is 2. The molecule has 4 nitrogen and oxygen atoms in total. The predicted molar refractivity (Wildman–Crippen MR) is 86.4 cm³/mol. The van der Waals surface area contributed by atoms with Crippen LogP contribution in [0.1, 0.15) is 38.8 Å². The lowest BCUT2D eigenvalue weighted by molar-refractivity contribution is 0.115. The van der Waals surface area contributed by atoms with Crippen molar-refractivity contribution in [1.29, 1.82) is 0 Å². The van der Waals surface area contributed by atoms with Crippen LogP contribution in [0.4, 0.5) is 0 Å². The van der Waals surface area contributed by atoms with Crippen LogP contribution < -0.4 is 14.8 Å². The van der Waals surface area contributed by atoms with Gasteiger partial charge in [-0.05, 0) is 31.9 Å². The fourth-order valence-electron chi connectivity index (χ4n) is 2.11. The van der Waals surface area contributed by atoms with Crippen molar-refractivity contribution < 1.29 is 14.6 Å². The minimum absolute atomic E-state index is 0.0720. The minimum Gasteiger partial charge on any atom is -0.496 e. The van der Waals surface area contributed by atoms with Gasteiger partial charge >= 0.3 is 0 Å². The number of rotatable bonds is 8. The Morgan fingerprint density at radius 2 is 1.76 bits per heavy atom. The van der Waals surface area contributed by atoms with Crippen LogP contribution >= 0.6 is 11.6 Å². The van der Waals surface area contributed by atoms with Crippen LogP contribution in [-0.4, -0.2) is 32.0 Å². The summed E-state index contributed by atoms with van der Waals surface area (Å²) < 4.78 is 10.6. The number of benzene rings is 1. The Kier molecular flexibility index (Phi) is 7.29. The van der Waals surface area contributed by atoms with Gasteiger partial charge in [0, 0.05) is 17.7 Å². The summed E-state index contributed by atoms with van der Waals surface area (Å²) in [6.07, 6.45) is 0.430. The molecule has 1 rings (SSSR count). The first-order valence-electron chi connectivity index (χ1n) is 7.23. The van der Waals surface area contributed by atoms with Crippen LogP contribution in [0.3, 0.4) is 0 Å². The van der Waals surface area contributed by atoms with E-state index in [4.69, 9.17) is 21.1 Å². The highest BCUT2D eigenvalue weighted by molar-refractivity contribution is 6.32. The molecule has 0 aliphatic rings. The third kappa shape index (κ3) is 5.06. The predicted octanol–water partition coefficient (Wildman–Crippen LogP) is 3.41. The average molecular weight is 316 g/mol. The van der Waals surface area contributed by atoms with Gasteiger partial charge in [-0.2, -0.15) is 0 Å². The zero-order valence-electron chi connectivity index (χ0n) is 13.4. The van der Waals surface area contributed by atoms with Gasteiger partial charge in [0.15, 0.2) is 0 Å². The molecule has 0 heterocycles. The second-order valence-electron chi connectivity index (χ2n) is 5.50. The molecule has 5 heteroatoms. The van der Waals surface area contributed by atoms with Crippen molar-refractivity contribution in [3.8, 4) is 11.5 Å². The Bertz CT molecular complexity index is 451. The summed E-state index contributed by atoms with van der Waals surface area (Å²) >= 11 is 6.18. The van der Waals surface area contributed by atoms with E-state index in [1.165, 1.54) is 0 Å². The van der Waals surface area contributed by atoms with Crippen LogP contribution in [0.5, 0.6) is 11.5 Å². The molecule has 0 aliphatic heterocycles. The fourth-order valence-corrected chi connectivity index (χ4v) is 2.36. The van der Waals surface area contributed by atoms with Crippen molar-refractivity contribution in [2.75, 3.05) is 20.8 Å². The highest BCUT2D eigenvalue weighted by Gasteiger charge is 2.16. The SMILES string of the molecule is COc1cc(OC)c(C(C)NCCC(O)C(C)C)cc1Cl. The van der Waals surface area contributed by atoms with Crippen LogP contribution in [-0.2, 0) is 0 Å². The quantitative estimate of drug-likeness (QED) is 0.772. The number of halogens is 1. The standard InChI is InChI=1S/C16H26ClNO3/c1-10(2)14(19)6-7-18-11(3)12-8-13(17)16(21-5)9-15(12)20-4/h8-11,14,18-19H,6-7H2,1-5H3. The van der Waals surface area contributed by atoms with E-state index >= 15 is 0 Å².